The van der Waals surface area contributed by atoms with Gasteiger partial charge in [0.25, 0.3) is 0 Å². The summed E-state index contributed by atoms with van der Waals surface area (Å²) in [5.74, 6) is -1.97. The molecule has 0 saturated carbocycles. The van der Waals surface area contributed by atoms with Gasteiger partial charge in [-0.15, -0.1) is 0 Å². The quantitative estimate of drug-likeness (QED) is 0.143. The smallest absolute Gasteiger partial charge is 0.492 e. The van der Waals surface area contributed by atoms with Crippen LogP contribution < -0.4 is 9.26 Å². The summed E-state index contributed by atoms with van der Waals surface area (Å²) in [6, 6.07) is 26.1. The predicted molar refractivity (Wildman–Crippen MR) is 151 cm³/mol. The third-order valence-electron chi connectivity index (χ3n) is 6.19. The van der Waals surface area contributed by atoms with Crippen molar-refractivity contribution in [1.82, 2.24) is 4.57 Å². The van der Waals surface area contributed by atoms with E-state index in [1.807, 2.05) is 12.1 Å². The van der Waals surface area contributed by atoms with E-state index in [1.165, 1.54) is 37.6 Å². The number of halogens is 2. The predicted octanol–water partition coefficient (Wildman–Crippen LogP) is 8.03. The summed E-state index contributed by atoms with van der Waals surface area (Å²) >= 11 is 0. The second-order valence-corrected chi connectivity index (χ2v) is 10.7. The van der Waals surface area contributed by atoms with E-state index < -0.39 is 25.6 Å². The van der Waals surface area contributed by atoms with Crippen LogP contribution in [-0.2, 0) is 38.2 Å². The van der Waals surface area contributed by atoms with Crippen molar-refractivity contribution >= 4 is 24.8 Å². The Kier molecular flexibility index (Phi) is 8.97. The molecule has 8 nitrogen and oxygen atoms in total. The number of carbonyl (C=O) groups excluding carboxylic acids is 1. The van der Waals surface area contributed by atoms with Gasteiger partial charge < -0.3 is 14.0 Å². The van der Waals surface area contributed by atoms with E-state index in [1.54, 1.807) is 54.6 Å². The monoisotopic (exact) mass is 593 g/mol. The molecule has 0 saturated heterocycles. The molecule has 0 bridgehead atoms. The van der Waals surface area contributed by atoms with E-state index in [2.05, 4.69) is 0 Å². The summed E-state index contributed by atoms with van der Waals surface area (Å²) in [6.07, 6.45) is 0.609. The lowest BCUT2D eigenvalue weighted by Gasteiger charge is -2.19. The van der Waals surface area contributed by atoms with Gasteiger partial charge in [-0.05, 0) is 47.0 Å². The number of benzene rings is 4. The number of ether oxygens (including phenoxy) is 2. The Morgan fingerprint density at radius 1 is 0.762 bits per heavy atom. The zero-order valence-electron chi connectivity index (χ0n) is 22.4. The van der Waals surface area contributed by atoms with Gasteiger partial charge in [-0.3, -0.25) is 9.05 Å². The first-order chi connectivity index (χ1) is 20.3. The molecule has 0 aliphatic rings. The van der Waals surface area contributed by atoms with E-state index in [4.69, 9.17) is 23.0 Å². The number of nitrogens with zero attached hydrogens (tertiary/aromatic N) is 1. The van der Waals surface area contributed by atoms with Crippen LogP contribution in [0.5, 0.6) is 11.5 Å². The normalized spacial score (nSPS) is 11.4. The van der Waals surface area contributed by atoms with Crippen molar-refractivity contribution in [1.29, 1.82) is 0 Å². The molecule has 11 heteroatoms. The molecule has 216 valence electrons. The molecule has 0 atom stereocenters. The van der Waals surface area contributed by atoms with E-state index >= 15 is 4.39 Å². The number of rotatable bonds is 11. The van der Waals surface area contributed by atoms with Crippen LogP contribution in [0.15, 0.2) is 103 Å². The summed E-state index contributed by atoms with van der Waals surface area (Å²) in [4.78, 5) is 12.8. The molecule has 0 aliphatic heterocycles. The minimum absolute atomic E-state index is 0.0919. The first kappa shape index (κ1) is 29.0. The summed E-state index contributed by atoms with van der Waals surface area (Å²) in [7, 11) is -2.99. The third kappa shape index (κ3) is 6.86. The van der Waals surface area contributed by atoms with Gasteiger partial charge in [-0.25, -0.2) is 22.7 Å². The maximum Gasteiger partial charge on any atom is 0.530 e. The molecule has 0 fully saturated rings. The minimum atomic E-state index is -4.28. The van der Waals surface area contributed by atoms with E-state index in [0.717, 1.165) is 21.8 Å². The highest BCUT2D eigenvalue weighted by Gasteiger charge is 2.30. The maximum absolute atomic E-state index is 15.1. The molecule has 1 heterocycles. The first-order valence-corrected chi connectivity index (χ1v) is 14.3. The van der Waals surface area contributed by atoms with Crippen LogP contribution in [-0.4, -0.2) is 17.8 Å². The Bertz CT molecular complexity index is 1680. The molecule has 0 amide bonds. The molecule has 1 aromatic heterocycles. The van der Waals surface area contributed by atoms with Crippen molar-refractivity contribution in [2.75, 3.05) is 7.11 Å². The highest BCUT2D eigenvalue weighted by Crippen LogP contribution is 2.51. The number of fused-ring (bicyclic) bond motifs is 1. The fourth-order valence-electron chi connectivity index (χ4n) is 4.11. The Morgan fingerprint density at radius 3 is 2.00 bits per heavy atom. The van der Waals surface area contributed by atoms with Crippen molar-refractivity contribution in [2.45, 2.75) is 19.8 Å². The number of hydrogen-bond acceptors (Lipinski definition) is 7. The average molecular weight is 594 g/mol. The second kappa shape index (κ2) is 13.0. The summed E-state index contributed by atoms with van der Waals surface area (Å²) in [6.45, 7) is -0.489. The lowest BCUT2D eigenvalue weighted by atomic mass is 10.2. The Morgan fingerprint density at radius 2 is 1.40 bits per heavy atom. The molecule has 4 aromatic carbocycles. The Balaban J connectivity index is 1.28. The number of methoxy groups -OCH3 is 1. The van der Waals surface area contributed by atoms with Gasteiger partial charge in [0.15, 0.2) is 23.1 Å². The van der Waals surface area contributed by atoms with Crippen molar-refractivity contribution in [3.05, 3.63) is 132 Å². The fourth-order valence-corrected chi connectivity index (χ4v) is 5.29. The van der Waals surface area contributed by atoms with Gasteiger partial charge in [0.2, 0.25) is 0 Å². The van der Waals surface area contributed by atoms with Crippen LogP contribution in [0.1, 0.15) is 16.7 Å². The van der Waals surface area contributed by atoms with Crippen LogP contribution >= 0.6 is 7.82 Å². The topological polar surface area (TPSA) is 85.2 Å². The van der Waals surface area contributed by atoms with Crippen molar-refractivity contribution in [3.63, 3.8) is 0 Å². The van der Waals surface area contributed by atoms with Crippen LogP contribution in [0, 0.1) is 11.6 Å². The molecule has 0 spiro atoms. The molecule has 5 aromatic rings. The zero-order valence-corrected chi connectivity index (χ0v) is 23.3. The minimum Gasteiger partial charge on any atom is -0.492 e. The van der Waals surface area contributed by atoms with Crippen LogP contribution in [0.25, 0.3) is 10.9 Å². The lowest BCUT2D eigenvalue weighted by molar-refractivity contribution is 0.141. The second-order valence-electron chi connectivity index (χ2n) is 9.08. The van der Waals surface area contributed by atoms with Gasteiger partial charge in [0.05, 0.1) is 20.3 Å². The highest BCUT2D eigenvalue weighted by molar-refractivity contribution is 7.48. The largest absolute Gasteiger partial charge is 0.530 e. The fraction of sp³-hybridized carbons (Fsp3) is 0.129. The molecule has 0 aliphatic carbocycles. The summed E-state index contributed by atoms with van der Waals surface area (Å²) in [5, 5.41) is 0.575. The van der Waals surface area contributed by atoms with Crippen LogP contribution in [0.4, 0.5) is 13.6 Å². The molecular weight excluding hydrogens is 567 g/mol. The van der Waals surface area contributed by atoms with Gasteiger partial charge in [0.1, 0.15) is 12.1 Å². The molecule has 0 N–H and O–H groups in total. The molecule has 5 rings (SSSR count). The number of hydrogen-bond donors (Lipinski definition) is 0. The Labute approximate surface area is 240 Å². The van der Waals surface area contributed by atoms with Gasteiger partial charge >= 0.3 is 13.9 Å². The van der Waals surface area contributed by atoms with Gasteiger partial charge in [-0.1, -0.05) is 66.7 Å². The maximum atomic E-state index is 15.1. The van der Waals surface area contributed by atoms with Crippen molar-refractivity contribution in [2.24, 2.45) is 0 Å². The molecule has 42 heavy (non-hydrogen) atoms. The molecule has 0 unspecified atom stereocenters. The van der Waals surface area contributed by atoms with Crippen LogP contribution in [0.3, 0.4) is 0 Å². The zero-order chi connectivity index (χ0) is 29.5. The molecular formula is C31H26F2NO7P. The van der Waals surface area contributed by atoms with E-state index in [-0.39, 0.29) is 42.4 Å². The van der Waals surface area contributed by atoms with E-state index in [9.17, 15) is 13.8 Å². The first-order valence-electron chi connectivity index (χ1n) is 12.8. The van der Waals surface area contributed by atoms with Crippen LogP contribution in [0.2, 0.25) is 0 Å². The average Bonchev–Trinajstić information content (AvgIpc) is 3.45. The third-order valence-corrected chi connectivity index (χ3v) is 7.50. The Hall–Kier alpha value is -4.50. The summed E-state index contributed by atoms with van der Waals surface area (Å²) in [5.41, 5.74) is 1.93. The number of aromatic nitrogens is 1. The number of phosphoric ester groups is 1. The summed E-state index contributed by atoms with van der Waals surface area (Å²) < 4.78 is 70.9. The number of phosphoric acid groups is 1. The highest BCUT2D eigenvalue weighted by atomic mass is 31.2. The van der Waals surface area contributed by atoms with E-state index in [0.29, 0.717) is 5.39 Å². The number of carbonyl (C=O) groups is 1. The van der Waals surface area contributed by atoms with Gasteiger partial charge in [0, 0.05) is 11.6 Å². The standard InChI is InChI=1S/C31H26F2NO7P/c1-37-30-26(32)14-13-25-16-17-34(29(25)30)31(35)38-19-24-12-15-28(27(33)18-24)41-42(36,39-20-22-8-4-2-5-9-22)40-21-23-10-6-3-7-11-23/h2-18H,19-21H2,1H3. The SMILES string of the molecule is COc1c(F)ccc2ccn(C(=O)OCc3ccc(OP(=O)(OCc4ccccc4)OCc4ccccc4)c(F)c3)c12. The van der Waals surface area contributed by atoms with Gasteiger partial charge in [-0.2, -0.15) is 0 Å². The van der Waals surface area contributed by atoms with Crippen molar-refractivity contribution in [3.8, 4) is 11.5 Å². The molecule has 0 radical (unpaired) electrons. The van der Waals surface area contributed by atoms with Crippen molar-refractivity contribution < 1.29 is 41.2 Å². The lowest BCUT2D eigenvalue weighted by Crippen LogP contribution is -2.13.